The first-order valence-corrected chi connectivity index (χ1v) is 21.5. The van der Waals surface area contributed by atoms with Crippen molar-refractivity contribution >= 4 is 34.3 Å². The molecule has 1 radical (unpaired) electrons. The molecule has 0 bridgehead atoms. The number of hydrogen-bond donors (Lipinski definition) is 1. The Morgan fingerprint density at radius 1 is 0.974 bits per heavy atom. The Morgan fingerprint density at radius 2 is 1.56 bits per heavy atom. The van der Waals surface area contributed by atoms with E-state index >= 15 is 0 Å². The summed E-state index contributed by atoms with van der Waals surface area (Å²) < 4.78 is 1.24. The van der Waals surface area contributed by atoms with Crippen LogP contribution in [-0.2, 0) is 24.9 Å². The molecule has 0 aliphatic carbocycles. The largest absolute Gasteiger partial charge is 0.512 e. The Morgan fingerprint density at radius 3 is 2.10 bits per heavy atom. The monoisotopic (exact) mass is 770 g/mol. The van der Waals surface area contributed by atoms with Crippen LogP contribution >= 0.6 is 0 Å². The average molecular weight is 769 g/mol. The van der Waals surface area contributed by atoms with Gasteiger partial charge in [0.15, 0.2) is 5.78 Å². The Hall–Kier alpha value is -1.82. The van der Waals surface area contributed by atoms with Crippen molar-refractivity contribution in [2.45, 2.75) is 90.4 Å². The number of rotatable bonds is 10. The second-order valence-electron chi connectivity index (χ2n) is 11.4. The number of carbonyl (C=O) groups excluding carboxylic acids is 1. The van der Waals surface area contributed by atoms with E-state index in [0.717, 1.165) is 42.5 Å². The van der Waals surface area contributed by atoms with Crippen LogP contribution in [0.5, 0.6) is 0 Å². The van der Waals surface area contributed by atoms with Gasteiger partial charge in [-0.2, -0.15) is 0 Å². The van der Waals surface area contributed by atoms with Crippen LogP contribution in [0.4, 0.5) is 0 Å². The fourth-order valence-electron chi connectivity index (χ4n) is 4.54. The second kappa shape index (κ2) is 16.4. The van der Waals surface area contributed by atoms with Crippen molar-refractivity contribution in [3.8, 4) is 11.4 Å². The van der Waals surface area contributed by atoms with Gasteiger partial charge in [0.1, 0.15) is 0 Å². The molecule has 39 heavy (non-hydrogen) atoms. The summed E-state index contributed by atoms with van der Waals surface area (Å²) in [5.41, 5.74) is 2.33. The van der Waals surface area contributed by atoms with E-state index in [0.29, 0.717) is 5.92 Å². The molecule has 4 nitrogen and oxygen atoms in total. The number of allylic oxidation sites excluding steroid dienone is 2. The van der Waals surface area contributed by atoms with Crippen LogP contribution < -0.4 is 4.53 Å². The third kappa shape index (κ3) is 9.95. The average Bonchev–Trinajstić information content (AvgIpc) is 2.89. The molecule has 215 valence electrons. The van der Waals surface area contributed by atoms with Crippen molar-refractivity contribution in [2.75, 3.05) is 0 Å². The standard InChI is InChI=1S/C20H23GeN2.C13H24O2.Ir/c1-14(2)18-13-16(12-15-8-6-7-9-17(15)18)20-22-11-10-19(23-20)21(3,4)5;1-5-10(6-2)12(14)9-13(15)11(7-3)8-4;/h6-11,13-14H,1-5H3;9-11,14H,5-8H2,1-4H3;/q-1;;/b;12-9-;. The van der Waals surface area contributed by atoms with Crippen LogP contribution in [0.2, 0.25) is 17.3 Å². The summed E-state index contributed by atoms with van der Waals surface area (Å²) in [6, 6.07) is 16.2. The molecule has 3 aromatic rings. The number of ketones is 1. The van der Waals surface area contributed by atoms with E-state index in [1.165, 1.54) is 21.6 Å². The van der Waals surface area contributed by atoms with Gasteiger partial charge in [0.05, 0.1) is 5.76 Å². The van der Waals surface area contributed by atoms with Gasteiger partial charge < -0.3 is 5.11 Å². The molecular formula is C33H47GeIrN2O2-. The summed E-state index contributed by atoms with van der Waals surface area (Å²) in [5, 5.41) is 12.2. The quantitative estimate of drug-likeness (QED) is 0.0972. The third-order valence-electron chi connectivity index (χ3n) is 7.18. The number of hydrogen-bond acceptors (Lipinski definition) is 4. The molecule has 0 fully saturated rings. The van der Waals surface area contributed by atoms with E-state index in [9.17, 15) is 9.90 Å². The molecule has 0 amide bonds. The first-order valence-electron chi connectivity index (χ1n) is 14.2. The van der Waals surface area contributed by atoms with Gasteiger partial charge in [-0.3, -0.25) is 4.79 Å². The summed E-state index contributed by atoms with van der Waals surface area (Å²) in [5.74, 6) is 8.87. The molecule has 1 heterocycles. The van der Waals surface area contributed by atoms with Crippen LogP contribution in [-0.4, -0.2) is 34.1 Å². The normalized spacial score (nSPS) is 11.9. The zero-order valence-corrected chi connectivity index (χ0v) is 29.8. The maximum atomic E-state index is 11.7. The number of aliphatic hydroxyl groups is 1. The number of carbonyl (C=O) groups is 1. The topological polar surface area (TPSA) is 63.1 Å². The molecule has 3 rings (SSSR count). The number of benzene rings is 2. The number of aliphatic hydroxyl groups excluding tert-OH is 1. The van der Waals surface area contributed by atoms with Crippen molar-refractivity contribution in [3.63, 3.8) is 0 Å². The minimum Gasteiger partial charge on any atom is -0.512 e. The van der Waals surface area contributed by atoms with Crippen LogP contribution in [0.3, 0.4) is 0 Å². The molecule has 0 spiro atoms. The van der Waals surface area contributed by atoms with Crippen LogP contribution in [0, 0.1) is 17.9 Å². The second-order valence-corrected chi connectivity index (χ2v) is 21.9. The molecule has 1 aromatic heterocycles. The predicted molar refractivity (Wildman–Crippen MR) is 165 cm³/mol. The maximum absolute atomic E-state index is 11.7. The zero-order chi connectivity index (χ0) is 28.5. The van der Waals surface area contributed by atoms with Crippen LogP contribution in [0.25, 0.3) is 22.2 Å². The zero-order valence-electron chi connectivity index (χ0n) is 25.3. The van der Waals surface area contributed by atoms with E-state index in [1.54, 1.807) is 0 Å². The first-order chi connectivity index (χ1) is 18.0. The fourth-order valence-corrected chi connectivity index (χ4v) is 6.67. The number of nitrogens with zero attached hydrogens (tertiary/aromatic N) is 2. The molecule has 1 N–H and O–H groups in total. The van der Waals surface area contributed by atoms with Gasteiger partial charge in [0.25, 0.3) is 0 Å². The third-order valence-corrected chi connectivity index (χ3v) is 11.0. The molecule has 6 heteroatoms. The van der Waals surface area contributed by atoms with Crippen molar-refractivity contribution in [3.05, 3.63) is 66.1 Å². The van der Waals surface area contributed by atoms with Crippen molar-refractivity contribution in [2.24, 2.45) is 11.8 Å². The van der Waals surface area contributed by atoms with E-state index < -0.39 is 13.3 Å². The van der Waals surface area contributed by atoms with E-state index in [4.69, 9.17) is 4.98 Å². The summed E-state index contributed by atoms with van der Waals surface area (Å²) in [6.45, 7) is 12.5. The van der Waals surface area contributed by atoms with E-state index in [-0.39, 0.29) is 43.5 Å². The predicted octanol–water partition coefficient (Wildman–Crippen LogP) is 8.63. The van der Waals surface area contributed by atoms with Gasteiger partial charge in [-0.15, -0.1) is 0 Å². The minimum atomic E-state index is -1.96. The number of fused-ring (bicyclic) bond motifs is 1. The first kappa shape index (κ1) is 35.2. The summed E-state index contributed by atoms with van der Waals surface area (Å²) in [4.78, 5) is 21.1. The maximum Gasteiger partial charge on any atom is 0.162 e. The molecule has 0 aliphatic rings. The molecule has 0 unspecified atom stereocenters. The van der Waals surface area contributed by atoms with Gasteiger partial charge in [-0.05, 0) is 25.7 Å². The Labute approximate surface area is 252 Å². The Kier molecular flexibility index (Phi) is 14.8. The van der Waals surface area contributed by atoms with Crippen molar-refractivity contribution in [1.29, 1.82) is 0 Å². The summed E-state index contributed by atoms with van der Waals surface area (Å²) in [7, 11) is 0. The SMILES string of the molecule is CC(C)c1cc(-c2ncc[c]([Ge]([CH3])([CH3])[CH3])n2)[c-]c2ccccc12.CCC(CC)C(=O)/C=C(\O)C(CC)CC.[Ir]. The van der Waals surface area contributed by atoms with E-state index in [2.05, 4.69) is 78.6 Å². The summed E-state index contributed by atoms with van der Waals surface area (Å²) >= 11 is -1.96. The molecule has 0 saturated heterocycles. The van der Waals surface area contributed by atoms with E-state index in [1.807, 2.05) is 33.9 Å². The van der Waals surface area contributed by atoms with Crippen molar-refractivity contribution < 1.29 is 30.0 Å². The number of aromatic nitrogens is 2. The van der Waals surface area contributed by atoms with Gasteiger partial charge in [0.2, 0.25) is 0 Å². The Bertz CT molecular complexity index is 1230. The van der Waals surface area contributed by atoms with Gasteiger partial charge >= 0.3 is 141 Å². The van der Waals surface area contributed by atoms with Gasteiger partial charge in [-0.1, -0.05) is 27.7 Å². The molecule has 0 aliphatic heterocycles. The molecular weight excluding hydrogens is 721 g/mol. The van der Waals surface area contributed by atoms with Crippen LogP contribution in [0.1, 0.15) is 78.7 Å². The molecule has 2 aromatic carbocycles. The van der Waals surface area contributed by atoms with Crippen molar-refractivity contribution in [1.82, 2.24) is 9.97 Å². The smallest absolute Gasteiger partial charge is 0.162 e. The minimum absolute atomic E-state index is 0. The van der Waals surface area contributed by atoms with Gasteiger partial charge in [-0.25, -0.2) is 0 Å². The Balaban J connectivity index is 0.000000418. The molecule has 0 atom stereocenters. The van der Waals surface area contributed by atoms with Crippen LogP contribution in [0.15, 0.2) is 54.4 Å². The van der Waals surface area contributed by atoms with Gasteiger partial charge in [0, 0.05) is 38.0 Å². The summed E-state index contributed by atoms with van der Waals surface area (Å²) in [6.07, 6.45) is 6.80. The molecule has 0 saturated carbocycles. The fraction of sp³-hybridized carbons (Fsp3) is 0.485.